The van der Waals surface area contributed by atoms with E-state index in [0.29, 0.717) is 25.7 Å². The summed E-state index contributed by atoms with van der Waals surface area (Å²) in [6.07, 6.45) is 77.0. The Morgan fingerprint density at radius 3 is 0.794 bits per heavy atom. The van der Waals surface area contributed by atoms with Crippen LogP contribution in [0.4, 0.5) is 0 Å². The molecule has 0 amide bonds. The van der Waals surface area contributed by atoms with Crippen molar-refractivity contribution in [2.45, 2.75) is 470 Å². The third kappa shape index (κ3) is 80.0. The highest BCUT2D eigenvalue weighted by Gasteiger charge is 2.30. The second kappa shape index (κ2) is 80.2. The first-order chi connectivity index (χ1) is 52.1. The quantitative estimate of drug-likeness (QED) is 0.0169. The number of phosphoric ester groups is 2. The molecule has 3 N–H and O–H groups in total. The van der Waals surface area contributed by atoms with Gasteiger partial charge in [0, 0.05) is 25.7 Å². The number of hydrogen-bond acceptors (Lipinski definition) is 15. The van der Waals surface area contributed by atoms with Crippen LogP contribution in [0.15, 0.2) is 24.3 Å². The molecule has 0 fully saturated rings. The summed E-state index contributed by atoms with van der Waals surface area (Å²) in [5, 5.41) is 10.7. The molecule has 0 aliphatic rings. The van der Waals surface area contributed by atoms with Crippen molar-refractivity contribution in [2.75, 3.05) is 39.6 Å². The highest BCUT2D eigenvalue weighted by atomic mass is 31.2. The lowest BCUT2D eigenvalue weighted by atomic mass is 9.99. The van der Waals surface area contributed by atoms with Gasteiger partial charge in [0.1, 0.15) is 19.3 Å². The van der Waals surface area contributed by atoms with Crippen LogP contribution in [0.1, 0.15) is 452 Å². The van der Waals surface area contributed by atoms with Gasteiger partial charge in [0.2, 0.25) is 0 Å². The fourth-order valence-electron chi connectivity index (χ4n) is 13.3. The number of phosphoric acid groups is 2. The molecular formula is C88H168O17P2. The van der Waals surface area contributed by atoms with Crippen molar-refractivity contribution in [2.24, 2.45) is 5.92 Å². The number of carbonyl (C=O) groups is 4. The summed E-state index contributed by atoms with van der Waals surface area (Å²) in [4.78, 5) is 73.3. The number of carbonyl (C=O) groups excluding carboxylic acids is 4. The molecule has 0 rings (SSSR count). The van der Waals surface area contributed by atoms with Crippen molar-refractivity contribution in [1.29, 1.82) is 0 Å². The lowest BCUT2D eigenvalue weighted by Gasteiger charge is -2.21. The zero-order chi connectivity index (χ0) is 78.3. The Kier molecular flexibility index (Phi) is 78.3. The van der Waals surface area contributed by atoms with E-state index in [1.54, 1.807) is 0 Å². The number of aliphatic hydroxyl groups excluding tert-OH is 1. The lowest BCUT2D eigenvalue weighted by Crippen LogP contribution is -2.30. The minimum atomic E-state index is -4.97. The van der Waals surface area contributed by atoms with E-state index in [9.17, 15) is 43.2 Å². The average Bonchev–Trinajstić information content (AvgIpc) is 0.902. The zero-order valence-electron chi connectivity index (χ0n) is 69.8. The summed E-state index contributed by atoms with van der Waals surface area (Å²) >= 11 is 0. The maximum atomic E-state index is 13.2. The summed E-state index contributed by atoms with van der Waals surface area (Å²) in [7, 11) is -9.94. The molecule has 0 bridgehead atoms. The topological polar surface area (TPSA) is 237 Å². The van der Waals surface area contributed by atoms with Crippen LogP contribution in [0.5, 0.6) is 0 Å². The van der Waals surface area contributed by atoms with Crippen molar-refractivity contribution in [3.63, 3.8) is 0 Å². The second-order valence-electron chi connectivity index (χ2n) is 31.2. The fraction of sp³-hybridized carbons (Fsp3) is 0.909. The van der Waals surface area contributed by atoms with Gasteiger partial charge >= 0.3 is 39.5 Å². The van der Waals surface area contributed by atoms with E-state index in [2.05, 4.69) is 58.9 Å². The first kappa shape index (κ1) is 105. The van der Waals surface area contributed by atoms with Crippen molar-refractivity contribution >= 4 is 39.5 Å². The van der Waals surface area contributed by atoms with Gasteiger partial charge in [-0.25, -0.2) is 9.13 Å². The summed E-state index contributed by atoms with van der Waals surface area (Å²) in [6.45, 7) is 7.38. The molecule has 6 atom stereocenters. The van der Waals surface area contributed by atoms with Gasteiger partial charge in [0.25, 0.3) is 0 Å². The summed E-state index contributed by atoms with van der Waals surface area (Å²) in [5.74, 6) is -1.26. The van der Waals surface area contributed by atoms with Gasteiger partial charge in [-0.1, -0.05) is 399 Å². The van der Waals surface area contributed by atoms with Crippen LogP contribution < -0.4 is 0 Å². The Balaban J connectivity index is 5.28. The standard InChI is InChI=1S/C88H168O17P2/c1-6-10-13-16-19-22-25-28-30-33-38-42-47-52-57-62-67-72-86(91)99-78-84(105-88(93)74-69-64-59-54-49-44-39-35-32-31-34-37-41-45-50-55-60-65-70-81(5)9-4)80-103-107(96,97)101-76-82(89)75-100-106(94,95)102-79-83(77-98-85(90)71-66-61-56-51-46-40-27-24-21-18-15-12-8-3)104-87(92)73-68-63-58-53-48-43-36-29-26-23-20-17-14-11-7-2/h23,26,29,36,81-84,89H,6-22,24-25,27-28,30-35,37-80H2,1-5H3,(H,94,95)(H,96,97)/b26-23-,36-29-/t81?,82-,83+,84+/m0/s1. The zero-order valence-corrected chi connectivity index (χ0v) is 71.6. The maximum Gasteiger partial charge on any atom is 0.472 e. The normalized spacial score (nSPS) is 14.1. The number of hydrogen-bond donors (Lipinski definition) is 3. The minimum absolute atomic E-state index is 0.0860. The fourth-order valence-corrected chi connectivity index (χ4v) is 14.8. The number of unbranched alkanes of at least 4 members (excludes halogenated alkanes) is 54. The van der Waals surface area contributed by atoms with Crippen LogP contribution in [-0.4, -0.2) is 96.7 Å². The van der Waals surface area contributed by atoms with E-state index in [0.717, 1.165) is 109 Å². The Hall–Kier alpha value is -2.46. The van der Waals surface area contributed by atoms with Crippen molar-refractivity contribution < 1.29 is 80.2 Å². The molecule has 0 radical (unpaired) electrons. The van der Waals surface area contributed by atoms with E-state index in [1.807, 2.05) is 0 Å². The predicted molar refractivity (Wildman–Crippen MR) is 441 cm³/mol. The molecule has 107 heavy (non-hydrogen) atoms. The van der Waals surface area contributed by atoms with Crippen LogP contribution in [0.3, 0.4) is 0 Å². The molecule has 0 aliphatic carbocycles. The molecule has 3 unspecified atom stereocenters. The number of rotatable bonds is 86. The van der Waals surface area contributed by atoms with Gasteiger partial charge in [0.15, 0.2) is 12.2 Å². The van der Waals surface area contributed by atoms with Gasteiger partial charge < -0.3 is 33.8 Å². The van der Waals surface area contributed by atoms with E-state index in [1.165, 1.54) is 263 Å². The van der Waals surface area contributed by atoms with E-state index < -0.39 is 97.5 Å². The molecule has 19 heteroatoms. The second-order valence-corrected chi connectivity index (χ2v) is 34.1. The molecule has 632 valence electrons. The van der Waals surface area contributed by atoms with E-state index in [-0.39, 0.29) is 25.7 Å². The first-order valence-electron chi connectivity index (χ1n) is 45.0. The van der Waals surface area contributed by atoms with Crippen molar-refractivity contribution in [1.82, 2.24) is 0 Å². The highest BCUT2D eigenvalue weighted by Crippen LogP contribution is 2.45. The summed E-state index contributed by atoms with van der Waals surface area (Å²) in [6, 6.07) is 0. The molecule has 0 heterocycles. The third-order valence-corrected chi connectivity index (χ3v) is 22.4. The molecule has 17 nitrogen and oxygen atoms in total. The van der Waals surface area contributed by atoms with Gasteiger partial charge in [-0.3, -0.25) is 37.3 Å². The average molecular weight is 1560 g/mol. The van der Waals surface area contributed by atoms with Crippen LogP contribution >= 0.6 is 15.6 Å². The van der Waals surface area contributed by atoms with Crippen LogP contribution in [-0.2, 0) is 65.4 Å². The van der Waals surface area contributed by atoms with Gasteiger partial charge in [-0.15, -0.1) is 0 Å². The number of aliphatic hydroxyl groups is 1. The maximum absolute atomic E-state index is 13.2. The van der Waals surface area contributed by atoms with Gasteiger partial charge in [-0.05, 0) is 57.3 Å². The summed E-state index contributed by atoms with van der Waals surface area (Å²) < 4.78 is 68.9. The van der Waals surface area contributed by atoms with Gasteiger partial charge in [-0.2, -0.15) is 0 Å². The van der Waals surface area contributed by atoms with Crippen molar-refractivity contribution in [3.05, 3.63) is 24.3 Å². The Bertz CT molecular complexity index is 2130. The lowest BCUT2D eigenvalue weighted by molar-refractivity contribution is -0.161. The van der Waals surface area contributed by atoms with E-state index in [4.69, 9.17) is 37.0 Å². The molecule has 0 saturated heterocycles. The molecule has 0 saturated carbocycles. The largest absolute Gasteiger partial charge is 0.472 e. The van der Waals surface area contributed by atoms with E-state index >= 15 is 0 Å². The highest BCUT2D eigenvalue weighted by molar-refractivity contribution is 7.47. The van der Waals surface area contributed by atoms with Crippen molar-refractivity contribution in [3.8, 4) is 0 Å². The Morgan fingerprint density at radius 2 is 0.523 bits per heavy atom. The third-order valence-electron chi connectivity index (χ3n) is 20.5. The monoisotopic (exact) mass is 1560 g/mol. The molecule has 0 aliphatic heterocycles. The first-order valence-corrected chi connectivity index (χ1v) is 48.0. The molecular weight excluding hydrogens is 1390 g/mol. The Labute approximate surface area is 656 Å². The minimum Gasteiger partial charge on any atom is -0.462 e. The SMILES string of the molecule is CCCCCC/C=C\C=C/CCCCCCCC(=O)O[C@H](COC(=O)CCCCCCCCCCCCCCC)COP(=O)(O)OC[C@H](O)COP(=O)(O)OC[C@@H](COC(=O)CCCCCCCCCCCCCCCCCCC)OC(=O)CCCCCCCCCCCCCCCCCCCCC(C)CC. The number of allylic oxidation sites excluding steroid dienone is 4. The molecule has 0 aromatic rings. The Morgan fingerprint density at radius 1 is 0.299 bits per heavy atom. The smallest absolute Gasteiger partial charge is 0.462 e. The van der Waals surface area contributed by atoms with Crippen LogP contribution in [0.2, 0.25) is 0 Å². The molecule has 0 aromatic carbocycles. The van der Waals surface area contributed by atoms with Crippen LogP contribution in [0, 0.1) is 5.92 Å². The summed E-state index contributed by atoms with van der Waals surface area (Å²) in [5.41, 5.74) is 0. The predicted octanol–water partition coefficient (Wildman–Crippen LogP) is 26.7. The van der Waals surface area contributed by atoms with Crippen LogP contribution in [0.25, 0.3) is 0 Å². The molecule has 0 aromatic heterocycles. The van der Waals surface area contributed by atoms with Gasteiger partial charge in [0.05, 0.1) is 26.4 Å². The number of ether oxygens (including phenoxy) is 4. The molecule has 0 spiro atoms. The number of esters is 4.